The van der Waals surface area contributed by atoms with Crippen LogP contribution in [0, 0.1) is 20.8 Å². The Morgan fingerprint density at radius 1 is 0.944 bits per heavy atom. The summed E-state index contributed by atoms with van der Waals surface area (Å²) in [6.45, 7) is 9.46. The maximum absolute atomic E-state index is 13.5. The van der Waals surface area contributed by atoms with E-state index in [2.05, 4.69) is 65.3 Å². The van der Waals surface area contributed by atoms with Crippen molar-refractivity contribution in [3.8, 4) is 16.8 Å². The summed E-state index contributed by atoms with van der Waals surface area (Å²) >= 11 is 0. The number of aromatic amines is 1. The average molecular weight is 478 g/mol. The van der Waals surface area contributed by atoms with Gasteiger partial charge in [-0.15, -0.1) is 0 Å². The molecule has 2 heterocycles. The molecule has 5 rings (SSSR count). The zero-order valence-electron chi connectivity index (χ0n) is 21.2. The van der Waals surface area contributed by atoms with Crippen molar-refractivity contribution in [2.75, 3.05) is 6.54 Å². The number of carbonyl (C=O) groups is 1. The summed E-state index contributed by atoms with van der Waals surface area (Å²) in [5.74, 6) is 0.952. The number of nitrogens with one attached hydrogen (secondary N) is 1. The second-order valence-corrected chi connectivity index (χ2v) is 9.35. The molecule has 0 aliphatic heterocycles. The van der Waals surface area contributed by atoms with E-state index in [-0.39, 0.29) is 5.91 Å². The minimum absolute atomic E-state index is 0.0414. The minimum Gasteiger partial charge on any atom is -0.342 e. The summed E-state index contributed by atoms with van der Waals surface area (Å²) in [4.78, 5) is 23.3. The Labute approximate surface area is 211 Å². The van der Waals surface area contributed by atoms with Crippen molar-refractivity contribution in [2.24, 2.45) is 0 Å². The van der Waals surface area contributed by atoms with E-state index in [1.807, 2.05) is 53.8 Å². The minimum atomic E-state index is 0.0414. The third-order valence-corrected chi connectivity index (χ3v) is 6.62. The molecule has 3 aromatic carbocycles. The molecule has 5 aromatic rings. The molecule has 0 spiro atoms. The van der Waals surface area contributed by atoms with Gasteiger partial charge < -0.3 is 9.88 Å². The number of H-pyrrole nitrogens is 1. The molecule has 0 radical (unpaired) electrons. The summed E-state index contributed by atoms with van der Waals surface area (Å²) in [6, 6.07) is 22.5. The molecule has 6 heteroatoms. The van der Waals surface area contributed by atoms with Crippen LogP contribution in [0.3, 0.4) is 0 Å². The van der Waals surface area contributed by atoms with Crippen LogP contribution in [0.5, 0.6) is 0 Å². The highest BCUT2D eigenvalue weighted by Gasteiger charge is 2.17. The third kappa shape index (κ3) is 4.67. The van der Waals surface area contributed by atoms with Gasteiger partial charge in [-0.05, 0) is 98.0 Å². The number of hydrogen-bond acceptors (Lipinski definition) is 3. The predicted octanol–water partition coefficient (Wildman–Crippen LogP) is 6.39. The van der Waals surface area contributed by atoms with Crippen molar-refractivity contribution in [2.45, 2.75) is 40.7 Å². The molecule has 6 nitrogen and oxygen atoms in total. The lowest BCUT2D eigenvalue weighted by molar-refractivity contribution is 0.0743. The molecule has 0 bridgehead atoms. The van der Waals surface area contributed by atoms with Gasteiger partial charge in [-0.3, -0.25) is 4.79 Å². The number of nitrogens with zero attached hydrogens (tertiary/aromatic N) is 4. The molecule has 2 aromatic heterocycles. The van der Waals surface area contributed by atoms with Crippen LogP contribution < -0.4 is 0 Å². The van der Waals surface area contributed by atoms with Gasteiger partial charge in [0.1, 0.15) is 5.82 Å². The first-order valence-corrected chi connectivity index (χ1v) is 12.4. The smallest absolute Gasteiger partial charge is 0.254 e. The maximum Gasteiger partial charge on any atom is 0.254 e. The molecule has 0 saturated heterocycles. The number of aryl methyl sites for hydroxylation is 3. The van der Waals surface area contributed by atoms with Gasteiger partial charge in [0, 0.05) is 30.5 Å². The molecular formula is C30H31N5O. The second-order valence-electron chi connectivity index (χ2n) is 9.35. The summed E-state index contributed by atoms with van der Waals surface area (Å²) in [5.41, 5.74) is 9.28. The van der Waals surface area contributed by atoms with Gasteiger partial charge in [0.25, 0.3) is 5.91 Å². The Balaban J connectivity index is 1.40. The van der Waals surface area contributed by atoms with Gasteiger partial charge in [-0.25, -0.2) is 9.67 Å². The Kier molecular flexibility index (Phi) is 6.42. The van der Waals surface area contributed by atoms with Crippen LogP contribution in [-0.2, 0) is 6.54 Å². The quantitative estimate of drug-likeness (QED) is 0.295. The van der Waals surface area contributed by atoms with Crippen LogP contribution in [0.25, 0.3) is 27.8 Å². The summed E-state index contributed by atoms with van der Waals surface area (Å²) in [5, 5.41) is 4.36. The first-order valence-electron chi connectivity index (χ1n) is 12.4. The van der Waals surface area contributed by atoms with Crippen LogP contribution in [0.15, 0.2) is 72.9 Å². The molecule has 36 heavy (non-hydrogen) atoms. The lowest BCUT2D eigenvalue weighted by atomic mass is 9.98. The Hall–Kier alpha value is -4.19. The largest absolute Gasteiger partial charge is 0.342 e. The van der Waals surface area contributed by atoms with Gasteiger partial charge in [0.15, 0.2) is 0 Å². The highest BCUT2D eigenvalue weighted by atomic mass is 16.2. The number of carbonyl (C=O) groups excluding carboxylic acids is 1. The topological polar surface area (TPSA) is 66.8 Å². The molecule has 1 N–H and O–H groups in total. The fourth-order valence-corrected chi connectivity index (χ4v) is 4.63. The molecule has 0 saturated carbocycles. The van der Waals surface area contributed by atoms with E-state index < -0.39 is 0 Å². The number of benzene rings is 3. The fourth-order valence-electron chi connectivity index (χ4n) is 4.63. The number of amides is 1. The van der Waals surface area contributed by atoms with Gasteiger partial charge in [0.2, 0.25) is 0 Å². The molecule has 0 atom stereocenters. The van der Waals surface area contributed by atoms with Crippen LogP contribution >= 0.6 is 0 Å². The van der Waals surface area contributed by atoms with Crippen molar-refractivity contribution >= 4 is 16.9 Å². The molecule has 0 aliphatic carbocycles. The van der Waals surface area contributed by atoms with Crippen LogP contribution in [0.2, 0.25) is 0 Å². The maximum atomic E-state index is 13.5. The van der Waals surface area contributed by atoms with Crippen molar-refractivity contribution in [3.63, 3.8) is 0 Å². The highest BCUT2D eigenvalue weighted by molar-refractivity contribution is 5.94. The number of rotatable bonds is 7. The number of aromatic nitrogens is 4. The van der Waals surface area contributed by atoms with Crippen LogP contribution in [0.1, 0.15) is 46.3 Å². The summed E-state index contributed by atoms with van der Waals surface area (Å²) in [6.07, 6.45) is 2.67. The van der Waals surface area contributed by atoms with Gasteiger partial charge in [-0.2, -0.15) is 5.10 Å². The Morgan fingerprint density at radius 3 is 2.42 bits per heavy atom. The number of fused-ring (bicyclic) bond motifs is 1. The van der Waals surface area contributed by atoms with E-state index >= 15 is 0 Å². The summed E-state index contributed by atoms with van der Waals surface area (Å²) < 4.78 is 1.87. The SMILES string of the molecule is CCCN(Cc1cc(-c2ccc3nc(C)[nH]c3c2)ccc1C)C(=O)c1ccc(-n2nccc2C)cc1. The van der Waals surface area contributed by atoms with Crippen molar-refractivity contribution in [1.29, 1.82) is 0 Å². The van der Waals surface area contributed by atoms with Gasteiger partial charge in [-0.1, -0.05) is 25.1 Å². The van der Waals surface area contributed by atoms with E-state index in [9.17, 15) is 4.79 Å². The van der Waals surface area contributed by atoms with E-state index in [0.29, 0.717) is 18.7 Å². The van der Waals surface area contributed by atoms with Crippen molar-refractivity contribution in [1.82, 2.24) is 24.6 Å². The average Bonchev–Trinajstić information content (AvgIpc) is 3.48. The number of hydrogen-bond donors (Lipinski definition) is 1. The normalized spacial score (nSPS) is 11.2. The lowest BCUT2D eigenvalue weighted by Crippen LogP contribution is -2.31. The molecular weight excluding hydrogens is 446 g/mol. The van der Waals surface area contributed by atoms with E-state index in [4.69, 9.17) is 0 Å². The fraction of sp³-hybridized carbons (Fsp3) is 0.233. The van der Waals surface area contributed by atoms with Gasteiger partial charge >= 0.3 is 0 Å². The van der Waals surface area contributed by atoms with Crippen molar-refractivity contribution in [3.05, 3.63) is 101 Å². The number of imidazole rings is 1. The van der Waals surface area contributed by atoms with E-state index in [1.54, 1.807) is 6.20 Å². The molecule has 0 unspecified atom stereocenters. The first-order chi connectivity index (χ1) is 17.4. The predicted molar refractivity (Wildman–Crippen MR) is 144 cm³/mol. The molecule has 0 fully saturated rings. The molecule has 0 aliphatic rings. The zero-order chi connectivity index (χ0) is 25.2. The van der Waals surface area contributed by atoms with E-state index in [0.717, 1.165) is 51.4 Å². The van der Waals surface area contributed by atoms with Gasteiger partial charge in [0.05, 0.1) is 16.7 Å². The first kappa shape index (κ1) is 23.5. The molecule has 1 amide bonds. The summed E-state index contributed by atoms with van der Waals surface area (Å²) in [7, 11) is 0. The third-order valence-electron chi connectivity index (χ3n) is 6.62. The Bertz CT molecular complexity index is 1530. The highest BCUT2D eigenvalue weighted by Crippen LogP contribution is 2.27. The van der Waals surface area contributed by atoms with E-state index in [1.165, 1.54) is 5.56 Å². The Morgan fingerprint density at radius 2 is 1.69 bits per heavy atom. The molecule has 182 valence electrons. The van der Waals surface area contributed by atoms with Crippen LogP contribution in [-0.4, -0.2) is 37.1 Å². The van der Waals surface area contributed by atoms with Crippen molar-refractivity contribution < 1.29 is 4.79 Å². The monoisotopic (exact) mass is 477 g/mol. The second kappa shape index (κ2) is 9.82. The lowest BCUT2D eigenvalue weighted by Gasteiger charge is -2.24. The zero-order valence-corrected chi connectivity index (χ0v) is 21.2. The standard InChI is InChI=1S/C30H31N5O/c1-5-16-34(30(36)23-8-11-27(12-9-23)35-21(3)14-15-31-35)19-26-17-24(7-6-20(26)2)25-10-13-28-29(18-25)33-22(4)32-28/h6-15,17-18H,5,16,19H2,1-4H3,(H,32,33). The van der Waals surface area contributed by atoms with Crippen LogP contribution in [0.4, 0.5) is 0 Å².